The number of rotatable bonds is 2. The lowest BCUT2D eigenvalue weighted by Gasteiger charge is -2.13. The largest absolute Gasteiger partial charge is 0.453 e. The van der Waals surface area contributed by atoms with Crippen LogP contribution in [0.25, 0.3) is 0 Å². The van der Waals surface area contributed by atoms with E-state index in [0.717, 1.165) is 7.11 Å². The highest BCUT2D eigenvalue weighted by atomic mass is 16.5. The molecule has 15 heavy (non-hydrogen) atoms. The molecular formula is C8H14N2O5. The summed E-state index contributed by atoms with van der Waals surface area (Å²) in [5.41, 5.74) is 0. The van der Waals surface area contributed by atoms with Crippen LogP contribution in [0.4, 0.5) is 4.79 Å². The second kappa shape index (κ2) is 5.06. The van der Waals surface area contributed by atoms with Gasteiger partial charge in [0.1, 0.15) is 0 Å². The lowest BCUT2D eigenvalue weighted by atomic mass is 10.3. The Labute approximate surface area is 86.6 Å². The number of hydrogen-bond acceptors (Lipinski definition) is 6. The molecule has 2 amide bonds. The van der Waals surface area contributed by atoms with Crippen molar-refractivity contribution in [2.45, 2.75) is 12.2 Å². The van der Waals surface area contributed by atoms with Crippen molar-refractivity contribution < 1.29 is 24.5 Å². The third kappa shape index (κ3) is 3.46. The van der Waals surface area contributed by atoms with Gasteiger partial charge in [0.25, 0.3) is 0 Å². The quantitative estimate of drug-likeness (QED) is 0.491. The monoisotopic (exact) mass is 218 g/mol. The summed E-state index contributed by atoms with van der Waals surface area (Å²) in [5, 5.41) is 20.4. The summed E-state index contributed by atoms with van der Waals surface area (Å²) in [6, 6.07) is 0. The van der Waals surface area contributed by atoms with Crippen molar-refractivity contribution >= 4 is 12.0 Å². The van der Waals surface area contributed by atoms with Crippen molar-refractivity contribution in [1.82, 2.24) is 10.2 Å². The molecule has 0 bridgehead atoms. The number of methoxy groups -OCH3 is 1. The van der Waals surface area contributed by atoms with Crippen LogP contribution in [0.1, 0.15) is 0 Å². The first-order chi connectivity index (χ1) is 7.02. The number of β-amino-alcohol motifs (C(OH)–C–C–N with tert-alkyl or cyclic N) is 2. The van der Waals surface area contributed by atoms with E-state index in [4.69, 9.17) is 0 Å². The summed E-state index contributed by atoms with van der Waals surface area (Å²) in [4.78, 5) is 23.4. The van der Waals surface area contributed by atoms with Gasteiger partial charge >= 0.3 is 6.09 Å². The van der Waals surface area contributed by atoms with Crippen LogP contribution in [-0.4, -0.2) is 66.1 Å². The lowest BCUT2D eigenvalue weighted by molar-refractivity contribution is -0.121. The zero-order valence-corrected chi connectivity index (χ0v) is 8.34. The Hall–Kier alpha value is -1.18. The molecule has 7 heteroatoms. The van der Waals surface area contributed by atoms with Crippen LogP contribution in [-0.2, 0) is 9.53 Å². The Bertz CT molecular complexity index is 247. The van der Waals surface area contributed by atoms with E-state index < -0.39 is 24.2 Å². The van der Waals surface area contributed by atoms with Crippen LogP contribution < -0.4 is 5.32 Å². The van der Waals surface area contributed by atoms with Gasteiger partial charge in [-0.25, -0.2) is 4.79 Å². The van der Waals surface area contributed by atoms with Crippen LogP contribution in [0.15, 0.2) is 0 Å². The van der Waals surface area contributed by atoms with Gasteiger partial charge in [-0.3, -0.25) is 15.0 Å². The third-order valence-corrected chi connectivity index (χ3v) is 2.13. The maximum atomic E-state index is 11.2. The number of amides is 2. The van der Waals surface area contributed by atoms with E-state index in [0.29, 0.717) is 0 Å². The summed E-state index contributed by atoms with van der Waals surface area (Å²) < 4.78 is 4.24. The predicted molar refractivity (Wildman–Crippen MR) is 49.0 cm³/mol. The fraction of sp³-hybridized carbons (Fsp3) is 0.750. The van der Waals surface area contributed by atoms with Crippen molar-refractivity contribution in [2.75, 3.05) is 26.7 Å². The van der Waals surface area contributed by atoms with Crippen molar-refractivity contribution in [3.05, 3.63) is 0 Å². The van der Waals surface area contributed by atoms with Gasteiger partial charge in [0.05, 0.1) is 25.9 Å². The van der Waals surface area contributed by atoms with Gasteiger partial charge in [0, 0.05) is 13.1 Å². The molecule has 2 atom stereocenters. The number of carbonyl (C=O) groups is 2. The van der Waals surface area contributed by atoms with E-state index in [1.807, 2.05) is 5.32 Å². The van der Waals surface area contributed by atoms with E-state index in [1.165, 1.54) is 0 Å². The first-order valence-electron chi connectivity index (χ1n) is 4.49. The highest BCUT2D eigenvalue weighted by molar-refractivity contribution is 5.92. The molecule has 1 aliphatic rings. The lowest BCUT2D eigenvalue weighted by Crippen LogP contribution is -2.39. The zero-order valence-electron chi connectivity index (χ0n) is 8.34. The predicted octanol–water partition coefficient (Wildman–Crippen LogP) is -2.09. The second-order valence-corrected chi connectivity index (χ2v) is 3.37. The van der Waals surface area contributed by atoms with Gasteiger partial charge in [-0.2, -0.15) is 0 Å². The molecule has 0 aromatic rings. The maximum absolute atomic E-state index is 11.2. The number of aliphatic hydroxyl groups excluding tert-OH is 2. The van der Waals surface area contributed by atoms with E-state index in [9.17, 15) is 19.8 Å². The smallest absolute Gasteiger partial charge is 0.413 e. The third-order valence-electron chi connectivity index (χ3n) is 2.13. The van der Waals surface area contributed by atoms with E-state index >= 15 is 0 Å². The number of ether oxygens (including phenoxy) is 1. The number of nitrogens with zero attached hydrogens (tertiary/aromatic N) is 1. The van der Waals surface area contributed by atoms with Crippen LogP contribution >= 0.6 is 0 Å². The highest BCUT2D eigenvalue weighted by Crippen LogP contribution is 2.08. The minimum absolute atomic E-state index is 0.0524. The molecule has 0 unspecified atom stereocenters. The average Bonchev–Trinajstić information content (AvgIpc) is 2.45. The molecule has 0 aliphatic carbocycles. The van der Waals surface area contributed by atoms with Crippen molar-refractivity contribution in [3.63, 3.8) is 0 Å². The number of likely N-dealkylation sites (tertiary alicyclic amines) is 1. The molecule has 0 radical (unpaired) electrons. The Kier molecular flexibility index (Phi) is 4.01. The maximum Gasteiger partial charge on any atom is 0.413 e. The Morgan fingerprint density at radius 1 is 1.40 bits per heavy atom. The van der Waals surface area contributed by atoms with Crippen molar-refractivity contribution in [2.24, 2.45) is 0 Å². The van der Waals surface area contributed by atoms with Gasteiger partial charge < -0.3 is 14.9 Å². The standard InChI is InChI=1S/C8H14N2O5/c1-15-8(14)9-7(13)4-10-2-5(11)6(12)3-10/h5-6,11-12H,2-4H2,1H3,(H,9,13,14)/t5-,6+. The van der Waals surface area contributed by atoms with Crippen LogP contribution in [0, 0.1) is 0 Å². The van der Waals surface area contributed by atoms with Crippen LogP contribution in [0.2, 0.25) is 0 Å². The molecular weight excluding hydrogens is 204 g/mol. The number of carbonyl (C=O) groups excluding carboxylic acids is 2. The van der Waals surface area contributed by atoms with Gasteiger partial charge in [-0.05, 0) is 0 Å². The number of hydrogen-bond donors (Lipinski definition) is 3. The number of alkyl carbamates (subject to hydrolysis) is 1. The molecule has 86 valence electrons. The van der Waals surface area contributed by atoms with Gasteiger partial charge in [-0.15, -0.1) is 0 Å². The fourth-order valence-electron chi connectivity index (χ4n) is 1.38. The molecule has 0 spiro atoms. The highest BCUT2D eigenvalue weighted by Gasteiger charge is 2.30. The molecule has 0 aromatic heterocycles. The Morgan fingerprint density at radius 2 is 1.93 bits per heavy atom. The topological polar surface area (TPSA) is 99.1 Å². The number of aliphatic hydroxyl groups is 2. The molecule has 1 saturated heterocycles. The van der Waals surface area contributed by atoms with Crippen LogP contribution in [0.3, 0.4) is 0 Å². The molecule has 3 N–H and O–H groups in total. The molecule has 1 heterocycles. The first kappa shape index (κ1) is 11.9. The Morgan fingerprint density at radius 3 is 2.40 bits per heavy atom. The Balaban J connectivity index is 2.30. The van der Waals surface area contributed by atoms with Gasteiger partial charge in [-0.1, -0.05) is 0 Å². The normalized spacial score (nSPS) is 26.3. The summed E-state index contributed by atoms with van der Waals surface area (Å²) in [6.45, 7) is 0.384. The second-order valence-electron chi connectivity index (χ2n) is 3.37. The first-order valence-corrected chi connectivity index (χ1v) is 4.49. The van der Waals surface area contributed by atoms with E-state index in [2.05, 4.69) is 4.74 Å². The van der Waals surface area contributed by atoms with E-state index in [1.54, 1.807) is 4.90 Å². The minimum Gasteiger partial charge on any atom is -0.453 e. The van der Waals surface area contributed by atoms with E-state index in [-0.39, 0.29) is 19.6 Å². The molecule has 1 aliphatic heterocycles. The molecule has 0 saturated carbocycles. The van der Waals surface area contributed by atoms with Crippen molar-refractivity contribution in [1.29, 1.82) is 0 Å². The van der Waals surface area contributed by atoms with Gasteiger partial charge in [0.2, 0.25) is 5.91 Å². The summed E-state index contributed by atoms with van der Waals surface area (Å²) >= 11 is 0. The van der Waals surface area contributed by atoms with Gasteiger partial charge in [0.15, 0.2) is 0 Å². The zero-order chi connectivity index (χ0) is 11.4. The number of nitrogens with one attached hydrogen (secondary N) is 1. The summed E-state index contributed by atoms with van der Waals surface area (Å²) in [5.74, 6) is -0.525. The summed E-state index contributed by atoms with van der Waals surface area (Å²) in [7, 11) is 1.16. The fourth-order valence-corrected chi connectivity index (χ4v) is 1.38. The SMILES string of the molecule is COC(=O)NC(=O)CN1C[C@@H](O)[C@@H](O)C1. The number of imide groups is 1. The molecule has 7 nitrogen and oxygen atoms in total. The molecule has 1 fully saturated rings. The minimum atomic E-state index is -0.837. The molecule has 1 rings (SSSR count). The summed E-state index contributed by atoms with van der Waals surface area (Å²) in [6.07, 6.45) is -2.49. The van der Waals surface area contributed by atoms with Crippen molar-refractivity contribution in [3.8, 4) is 0 Å². The molecule has 0 aromatic carbocycles. The van der Waals surface area contributed by atoms with Crippen LogP contribution in [0.5, 0.6) is 0 Å². The average molecular weight is 218 g/mol.